The van der Waals surface area contributed by atoms with Crippen LogP contribution in [0.5, 0.6) is 5.88 Å². The second-order valence-corrected chi connectivity index (χ2v) is 7.13. The SMILES string of the molecule is O=c1scc(O)n1CCCCS(=O)c1cccc2nccn12. The van der Waals surface area contributed by atoms with Gasteiger partial charge in [0.1, 0.15) is 10.7 Å². The van der Waals surface area contributed by atoms with Crippen LogP contribution in [0.4, 0.5) is 0 Å². The average Bonchev–Trinajstić information content (AvgIpc) is 3.11. The Balaban J connectivity index is 1.59. The molecule has 0 aliphatic carbocycles. The fraction of sp³-hybridized carbons (Fsp3) is 0.286. The van der Waals surface area contributed by atoms with Crippen molar-refractivity contribution in [1.82, 2.24) is 14.0 Å². The number of unbranched alkanes of at least 4 members (excludes halogenated alkanes) is 1. The molecule has 1 N–H and O–H groups in total. The highest BCUT2D eigenvalue weighted by atomic mass is 32.2. The molecule has 1 atom stereocenters. The number of hydrogen-bond donors (Lipinski definition) is 1. The van der Waals surface area contributed by atoms with Crippen LogP contribution in [0.2, 0.25) is 0 Å². The van der Waals surface area contributed by atoms with E-state index in [1.54, 1.807) is 12.4 Å². The lowest BCUT2D eigenvalue weighted by Gasteiger charge is -2.06. The van der Waals surface area contributed by atoms with Crippen molar-refractivity contribution in [3.63, 3.8) is 0 Å². The van der Waals surface area contributed by atoms with Gasteiger partial charge in [-0.15, -0.1) is 0 Å². The van der Waals surface area contributed by atoms with Crippen LogP contribution in [0.15, 0.2) is 45.8 Å². The van der Waals surface area contributed by atoms with E-state index in [9.17, 15) is 14.1 Å². The highest BCUT2D eigenvalue weighted by Crippen LogP contribution is 2.13. The number of aromatic nitrogens is 3. The topological polar surface area (TPSA) is 76.6 Å². The highest BCUT2D eigenvalue weighted by molar-refractivity contribution is 7.84. The van der Waals surface area contributed by atoms with Gasteiger partial charge in [-0.3, -0.25) is 18.0 Å². The summed E-state index contributed by atoms with van der Waals surface area (Å²) in [6.45, 7) is 0.445. The third-order valence-electron chi connectivity index (χ3n) is 3.35. The molecular formula is C14H15N3O3S2. The summed E-state index contributed by atoms with van der Waals surface area (Å²) in [6.07, 6.45) is 4.88. The molecule has 0 aliphatic heterocycles. The lowest BCUT2D eigenvalue weighted by Crippen LogP contribution is -2.13. The van der Waals surface area contributed by atoms with Gasteiger partial charge in [0.25, 0.3) is 0 Å². The molecule has 0 saturated heterocycles. The first-order valence-corrected chi connectivity index (χ1v) is 9.04. The number of nitrogens with zero attached hydrogens (tertiary/aromatic N) is 3. The molecule has 0 amide bonds. The van der Waals surface area contributed by atoms with E-state index in [-0.39, 0.29) is 10.8 Å². The molecule has 0 aromatic carbocycles. The van der Waals surface area contributed by atoms with E-state index in [1.165, 1.54) is 9.95 Å². The molecule has 0 saturated carbocycles. The van der Waals surface area contributed by atoms with Crippen molar-refractivity contribution in [2.24, 2.45) is 0 Å². The van der Waals surface area contributed by atoms with Gasteiger partial charge in [0.05, 0.1) is 16.2 Å². The number of aromatic hydroxyl groups is 1. The lowest BCUT2D eigenvalue weighted by atomic mass is 10.3. The maximum absolute atomic E-state index is 12.4. The van der Waals surface area contributed by atoms with Gasteiger partial charge < -0.3 is 5.11 Å². The zero-order valence-electron chi connectivity index (χ0n) is 11.7. The fourth-order valence-corrected chi connectivity index (χ4v) is 4.17. The fourth-order valence-electron chi connectivity index (χ4n) is 2.24. The highest BCUT2D eigenvalue weighted by Gasteiger charge is 2.09. The summed E-state index contributed by atoms with van der Waals surface area (Å²) >= 11 is 0.982. The minimum absolute atomic E-state index is 0.000643. The molecule has 0 aliphatic rings. The minimum atomic E-state index is -1.12. The molecule has 0 radical (unpaired) electrons. The Hall–Kier alpha value is -1.93. The molecule has 6 nitrogen and oxygen atoms in total. The van der Waals surface area contributed by atoms with Crippen LogP contribution < -0.4 is 4.87 Å². The van der Waals surface area contributed by atoms with Gasteiger partial charge >= 0.3 is 4.87 Å². The lowest BCUT2D eigenvalue weighted by molar-refractivity contribution is 0.409. The molecule has 0 fully saturated rings. The molecular weight excluding hydrogens is 322 g/mol. The number of imidazole rings is 1. The van der Waals surface area contributed by atoms with Gasteiger partial charge in [-0.25, -0.2) is 4.98 Å². The molecule has 3 aromatic heterocycles. The molecule has 3 aromatic rings. The Morgan fingerprint density at radius 2 is 2.18 bits per heavy atom. The maximum atomic E-state index is 12.4. The Labute approximate surface area is 133 Å². The normalized spacial score (nSPS) is 12.7. The van der Waals surface area contributed by atoms with Gasteiger partial charge in [-0.05, 0) is 25.0 Å². The van der Waals surface area contributed by atoms with Gasteiger partial charge in [0.2, 0.25) is 5.88 Å². The summed E-state index contributed by atoms with van der Waals surface area (Å²) in [6, 6.07) is 5.55. The third kappa shape index (κ3) is 2.97. The monoisotopic (exact) mass is 337 g/mol. The largest absolute Gasteiger partial charge is 0.494 e. The number of pyridine rings is 1. The van der Waals surface area contributed by atoms with Crippen molar-refractivity contribution in [2.45, 2.75) is 24.4 Å². The van der Waals surface area contributed by atoms with Gasteiger partial charge in [-0.1, -0.05) is 17.4 Å². The van der Waals surface area contributed by atoms with E-state index < -0.39 is 10.8 Å². The Morgan fingerprint density at radius 3 is 2.95 bits per heavy atom. The number of hydrogen-bond acceptors (Lipinski definition) is 5. The van der Waals surface area contributed by atoms with E-state index >= 15 is 0 Å². The van der Waals surface area contributed by atoms with Crippen molar-refractivity contribution in [1.29, 1.82) is 0 Å². The number of rotatable bonds is 6. The van der Waals surface area contributed by atoms with Crippen molar-refractivity contribution >= 4 is 27.8 Å². The first-order valence-electron chi connectivity index (χ1n) is 6.84. The smallest absolute Gasteiger partial charge is 0.309 e. The van der Waals surface area contributed by atoms with E-state index in [4.69, 9.17) is 0 Å². The summed E-state index contributed by atoms with van der Waals surface area (Å²) in [7, 11) is -1.12. The summed E-state index contributed by atoms with van der Waals surface area (Å²) in [5.41, 5.74) is 0.778. The van der Waals surface area contributed by atoms with Crippen molar-refractivity contribution in [3.05, 3.63) is 45.6 Å². The molecule has 22 heavy (non-hydrogen) atoms. The van der Waals surface area contributed by atoms with Crippen LogP contribution in [0.3, 0.4) is 0 Å². The predicted octanol–water partition coefficient (Wildman–Crippen LogP) is 1.85. The van der Waals surface area contributed by atoms with Gasteiger partial charge in [0.15, 0.2) is 0 Å². The van der Waals surface area contributed by atoms with Crippen LogP contribution in [0.1, 0.15) is 12.8 Å². The average molecular weight is 337 g/mol. The maximum Gasteiger partial charge on any atom is 0.309 e. The van der Waals surface area contributed by atoms with E-state index in [2.05, 4.69) is 4.98 Å². The van der Waals surface area contributed by atoms with E-state index in [1.807, 2.05) is 22.6 Å². The zero-order valence-corrected chi connectivity index (χ0v) is 13.3. The van der Waals surface area contributed by atoms with E-state index in [0.717, 1.165) is 22.0 Å². The first kappa shape index (κ1) is 15.0. The van der Waals surface area contributed by atoms with Crippen molar-refractivity contribution in [2.75, 3.05) is 5.75 Å². The zero-order chi connectivity index (χ0) is 15.5. The Bertz CT molecular complexity index is 865. The number of thiazole rings is 1. The molecule has 3 heterocycles. The molecule has 3 rings (SSSR count). The third-order valence-corrected chi connectivity index (χ3v) is 5.56. The van der Waals surface area contributed by atoms with Crippen LogP contribution in [-0.4, -0.2) is 29.0 Å². The van der Waals surface area contributed by atoms with Gasteiger partial charge in [-0.2, -0.15) is 0 Å². The van der Waals surface area contributed by atoms with Crippen molar-refractivity contribution in [3.8, 4) is 5.88 Å². The Kier molecular flexibility index (Phi) is 4.39. The molecule has 1 unspecified atom stereocenters. The van der Waals surface area contributed by atoms with Gasteiger partial charge in [0, 0.05) is 24.7 Å². The molecule has 0 bridgehead atoms. The first-order chi connectivity index (χ1) is 10.7. The minimum Gasteiger partial charge on any atom is -0.494 e. The summed E-state index contributed by atoms with van der Waals surface area (Å²) in [5, 5.41) is 11.7. The number of fused-ring (bicyclic) bond motifs is 1. The molecule has 0 spiro atoms. The summed E-state index contributed by atoms with van der Waals surface area (Å²) in [5.74, 6) is 0.510. The van der Waals surface area contributed by atoms with E-state index in [0.29, 0.717) is 25.1 Å². The van der Waals surface area contributed by atoms with Crippen LogP contribution in [-0.2, 0) is 17.3 Å². The van der Waals surface area contributed by atoms with Crippen LogP contribution in [0.25, 0.3) is 5.65 Å². The second kappa shape index (κ2) is 6.45. The summed E-state index contributed by atoms with van der Waals surface area (Å²) in [4.78, 5) is 15.5. The quantitative estimate of drug-likeness (QED) is 0.697. The van der Waals surface area contributed by atoms with Crippen LogP contribution >= 0.6 is 11.3 Å². The second-order valence-electron chi connectivity index (χ2n) is 4.79. The standard InChI is InChI=1S/C14H15N3O3S2/c18-12-10-21-14(19)17(12)7-1-2-9-22(20)13-5-3-4-11-15-6-8-16(11)13/h3-6,8,10,18H,1-2,7,9H2. The molecule has 116 valence electrons. The Morgan fingerprint density at radius 1 is 1.32 bits per heavy atom. The summed E-state index contributed by atoms with van der Waals surface area (Å²) < 4.78 is 15.6. The predicted molar refractivity (Wildman–Crippen MR) is 85.9 cm³/mol. The van der Waals surface area contributed by atoms with Crippen molar-refractivity contribution < 1.29 is 9.32 Å². The molecule has 8 heteroatoms. The van der Waals surface area contributed by atoms with Crippen LogP contribution in [0, 0.1) is 0 Å².